The van der Waals surface area contributed by atoms with E-state index in [1.54, 1.807) is 37.3 Å². The number of hydrogen-bond donors (Lipinski definition) is 1. The van der Waals surface area contributed by atoms with E-state index in [0.29, 0.717) is 28.8 Å². The molecule has 0 saturated carbocycles. The van der Waals surface area contributed by atoms with Gasteiger partial charge in [0.15, 0.2) is 0 Å². The Bertz CT molecular complexity index is 1180. The van der Waals surface area contributed by atoms with E-state index in [0.717, 1.165) is 4.90 Å². The maximum Gasteiger partial charge on any atom is 0.416 e. The van der Waals surface area contributed by atoms with Gasteiger partial charge in [0.1, 0.15) is 5.15 Å². The third-order valence-electron chi connectivity index (χ3n) is 5.18. The summed E-state index contributed by atoms with van der Waals surface area (Å²) in [5, 5.41) is 9.29. The molecular formula is C24H19ClF6N2O2. The van der Waals surface area contributed by atoms with E-state index in [9.17, 15) is 36.2 Å². The number of amides is 1. The fraction of sp³-hybridized carbons (Fsp3) is 0.250. The summed E-state index contributed by atoms with van der Waals surface area (Å²) in [6.45, 7) is 0.0927. The number of hydrogen-bond acceptors (Lipinski definition) is 3. The molecule has 3 rings (SSSR count). The Labute approximate surface area is 201 Å². The lowest BCUT2D eigenvalue weighted by molar-refractivity contribution is -0.143. The Hall–Kier alpha value is -3.11. The third-order valence-corrected chi connectivity index (χ3v) is 5.46. The maximum absolute atomic E-state index is 13.5. The number of carbonyl (C=O) groups excluding carboxylic acids is 1. The van der Waals surface area contributed by atoms with Crippen LogP contribution in [0, 0.1) is 6.92 Å². The van der Waals surface area contributed by atoms with Gasteiger partial charge >= 0.3 is 12.4 Å². The lowest BCUT2D eigenvalue weighted by atomic mass is 9.96. The second kappa shape index (κ2) is 10.2. The zero-order valence-corrected chi connectivity index (χ0v) is 19.0. The first-order valence-electron chi connectivity index (χ1n) is 10.2. The Morgan fingerprint density at radius 3 is 2.09 bits per heavy atom. The van der Waals surface area contributed by atoms with E-state index in [1.807, 2.05) is 0 Å². The first-order chi connectivity index (χ1) is 16.3. The van der Waals surface area contributed by atoms with Crippen molar-refractivity contribution < 1.29 is 36.2 Å². The number of benzene rings is 2. The summed E-state index contributed by atoms with van der Waals surface area (Å²) in [6.07, 6.45) is -8.63. The largest absolute Gasteiger partial charge is 0.416 e. The zero-order chi connectivity index (χ0) is 26.0. The van der Waals surface area contributed by atoms with Gasteiger partial charge in [-0.2, -0.15) is 26.3 Å². The zero-order valence-electron chi connectivity index (χ0n) is 18.2. The second-order valence-electron chi connectivity index (χ2n) is 7.71. The molecule has 1 N–H and O–H groups in total. The van der Waals surface area contributed by atoms with E-state index in [-0.39, 0.29) is 23.3 Å². The van der Waals surface area contributed by atoms with Crippen LogP contribution in [0.15, 0.2) is 54.7 Å². The van der Waals surface area contributed by atoms with Gasteiger partial charge in [0, 0.05) is 24.8 Å². The fourth-order valence-corrected chi connectivity index (χ4v) is 3.84. The van der Waals surface area contributed by atoms with E-state index >= 15 is 0 Å². The Morgan fingerprint density at radius 1 is 1.00 bits per heavy atom. The summed E-state index contributed by atoms with van der Waals surface area (Å²) in [6, 6.07) is 9.74. The van der Waals surface area contributed by atoms with Crippen LogP contribution in [-0.4, -0.2) is 34.0 Å². The number of pyridine rings is 1. The van der Waals surface area contributed by atoms with Gasteiger partial charge in [0.2, 0.25) is 0 Å². The monoisotopic (exact) mass is 516 g/mol. The molecule has 0 unspecified atom stereocenters. The number of aliphatic hydroxyl groups is 1. The van der Waals surface area contributed by atoms with E-state index in [4.69, 9.17) is 11.6 Å². The Kier molecular flexibility index (Phi) is 7.76. The molecule has 0 radical (unpaired) electrons. The van der Waals surface area contributed by atoms with Gasteiger partial charge in [0.05, 0.1) is 23.3 Å². The second-order valence-corrected chi connectivity index (χ2v) is 8.07. The normalized spacial score (nSPS) is 12.0. The molecule has 0 fully saturated rings. The van der Waals surface area contributed by atoms with Crippen LogP contribution in [0.3, 0.4) is 0 Å². The number of aryl methyl sites for hydroxylation is 1. The highest BCUT2D eigenvalue weighted by atomic mass is 35.5. The van der Waals surface area contributed by atoms with Crippen molar-refractivity contribution in [2.24, 2.45) is 0 Å². The predicted molar refractivity (Wildman–Crippen MR) is 118 cm³/mol. The highest BCUT2D eigenvalue weighted by Crippen LogP contribution is 2.37. The smallest absolute Gasteiger partial charge is 0.395 e. The Morgan fingerprint density at radius 2 is 1.57 bits per heavy atom. The number of aliphatic hydroxyl groups excluding tert-OH is 1. The van der Waals surface area contributed by atoms with Crippen molar-refractivity contribution in [1.29, 1.82) is 0 Å². The molecule has 1 heterocycles. The predicted octanol–water partition coefficient (Wildman–Crippen LogP) is 6.38. The lowest BCUT2D eigenvalue weighted by Crippen LogP contribution is -2.34. The number of rotatable bonds is 6. The molecule has 35 heavy (non-hydrogen) atoms. The quantitative estimate of drug-likeness (QED) is 0.305. The van der Waals surface area contributed by atoms with Crippen molar-refractivity contribution in [3.8, 4) is 11.1 Å². The number of nitrogens with zero attached hydrogens (tertiary/aromatic N) is 2. The number of carbonyl (C=O) groups is 1. The molecule has 1 aromatic heterocycles. The van der Waals surface area contributed by atoms with Crippen LogP contribution in [0.2, 0.25) is 5.15 Å². The summed E-state index contributed by atoms with van der Waals surface area (Å²) in [7, 11) is 0. The summed E-state index contributed by atoms with van der Waals surface area (Å²) in [5.74, 6) is -0.801. The molecule has 0 spiro atoms. The molecule has 11 heteroatoms. The van der Waals surface area contributed by atoms with Crippen LogP contribution in [0.5, 0.6) is 0 Å². The highest BCUT2D eigenvalue weighted by Gasteiger charge is 2.37. The molecule has 0 bridgehead atoms. The molecule has 2 aromatic carbocycles. The van der Waals surface area contributed by atoms with Crippen molar-refractivity contribution in [3.05, 3.63) is 87.7 Å². The van der Waals surface area contributed by atoms with Crippen molar-refractivity contribution >= 4 is 17.5 Å². The standard InChI is InChI=1S/C24H19ClF6N2O2/c1-14-12-32-21(25)20(19(14)16-5-3-2-4-6-16)22(35)33(7-8-34)13-15-9-17(23(26,27)28)11-18(10-15)24(29,30)31/h2-6,9-12,34H,7-8,13H2,1H3. The number of aromatic nitrogens is 1. The maximum atomic E-state index is 13.5. The van der Waals surface area contributed by atoms with Gasteiger partial charge in [-0.25, -0.2) is 4.98 Å². The SMILES string of the molecule is Cc1cnc(Cl)c(C(=O)N(CCO)Cc2cc(C(F)(F)F)cc(C(F)(F)F)c2)c1-c1ccccc1. The molecule has 4 nitrogen and oxygen atoms in total. The molecule has 186 valence electrons. The number of halogens is 7. The van der Waals surface area contributed by atoms with Crippen LogP contribution in [-0.2, 0) is 18.9 Å². The number of alkyl halides is 6. The van der Waals surface area contributed by atoms with Gasteiger partial charge in [-0.3, -0.25) is 4.79 Å². The highest BCUT2D eigenvalue weighted by molar-refractivity contribution is 6.33. The third kappa shape index (κ3) is 6.12. The van der Waals surface area contributed by atoms with Crippen LogP contribution in [0.25, 0.3) is 11.1 Å². The average Bonchev–Trinajstić information content (AvgIpc) is 2.79. The molecule has 0 atom stereocenters. The summed E-state index contributed by atoms with van der Waals surface area (Å²) >= 11 is 6.24. The van der Waals surface area contributed by atoms with Crippen LogP contribution < -0.4 is 0 Å². The average molecular weight is 517 g/mol. The van der Waals surface area contributed by atoms with Gasteiger partial charge in [-0.15, -0.1) is 0 Å². The molecule has 0 aliphatic heterocycles. The van der Waals surface area contributed by atoms with E-state index in [1.165, 1.54) is 6.20 Å². The molecule has 3 aromatic rings. The molecule has 0 saturated heterocycles. The van der Waals surface area contributed by atoms with E-state index in [2.05, 4.69) is 4.98 Å². The molecular weight excluding hydrogens is 498 g/mol. The van der Waals surface area contributed by atoms with Crippen molar-refractivity contribution in [3.63, 3.8) is 0 Å². The minimum Gasteiger partial charge on any atom is -0.395 e. The summed E-state index contributed by atoms with van der Waals surface area (Å²) in [5.41, 5.74) is -1.89. The van der Waals surface area contributed by atoms with Crippen LogP contribution >= 0.6 is 11.6 Å². The molecule has 0 aliphatic rings. The lowest BCUT2D eigenvalue weighted by Gasteiger charge is -2.25. The Balaban J connectivity index is 2.10. The van der Waals surface area contributed by atoms with Gasteiger partial charge < -0.3 is 10.0 Å². The van der Waals surface area contributed by atoms with Gasteiger partial charge in [-0.1, -0.05) is 41.9 Å². The van der Waals surface area contributed by atoms with Crippen LogP contribution in [0.4, 0.5) is 26.3 Å². The van der Waals surface area contributed by atoms with Crippen molar-refractivity contribution in [2.75, 3.05) is 13.2 Å². The summed E-state index contributed by atoms with van der Waals surface area (Å²) in [4.78, 5) is 18.4. The summed E-state index contributed by atoms with van der Waals surface area (Å²) < 4.78 is 79.6. The van der Waals surface area contributed by atoms with Crippen molar-refractivity contribution in [1.82, 2.24) is 9.88 Å². The first kappa shape index (κ1) is 26.5. The topological polar surface area (TPSA) is 53.4 Å². The molecule has 1 amide bonds. The van der Waals surface area contributed by atoms with E-state index < -0.39 is 48.1 Å². The van der Waals surface area contributed by atoms with Crippen LogP contribution in [0.1, 0.15) is 32.6 Å². The van der Waals surface area contributed by atoms with Gasteiger partial charge in [-0.05, 0) is 41.8 Å². The fourth-order valence-electron chi connectivity index (χ4n) is 3.62. The van der Waals surface area contributed by atoms with Gasteiger partial charge in [0.25, 0.3) is 5.91 Å². The first-order valence-corrected chi connectivity index (χ1v) is 10.6. The minimum absolute atomic E-state index is 0.0105. The minimum atomic E-state index is -5.04. The van der Waals surface area contributed by atoms with Crippen molar-refractivity contribution in [2.45, 2.75) is 25.8 Å². The molecule has 0 aliphatic carbocycles.